The maximum absolute atomic E-state index is 12.8. The van der Waals surface area contributed by atoms with E-state index in [0.29, 0.717) is 11.5 Å². The molecule has 0 N–H and O–H groups in total. The van der Waals surface area contributed by atoms with Crippen molar-refractivity contribution in [3.63, 3.8) is 0 Å². The van der Waals surface area contributed by atoms with Crippen molar-refractivity contribution in [3.05, 3.63) is 52.5 Å². The molecule has 0 aromatic heterocycles. The number of nitrogens with zero attached hydrogens (tertiary/aromatic N) is 1. The van der Waals surface area contributed by atoms with Crippen LogP contribution >= 0.6 is 15.9 Å². The van der Waals surface area contributed by atoms with Crippen LogP contribution < -0.4 is 9.47 Å². The second-order valence-electron chi connectivity index (χ2n) is 4.87. The first-order valence-corrected chi connectivity index (χ1v) is 9.05. The summed E-state index contributed by atoms with van der Waals surface area (Å²) in [6, 6.07) is 12.0. The summed E-state index contributed by atoms with van der Waals surface area (Å²) >= 11 is 3.39. The molecule has 0 radical (unpaired) electrons. The summed E-state index contributed by atoms with van der Waals surface area (Å²) in [5.74, 6) is 0.954. The van der Waals surface area contributed by atoms with Gasteiger partial charge in [0.2, 0.25) is 10.0 Å². The van der Waals surface area contributed by atoms with Crippen molar-refractivity contribution < 1.29 is 17.9 Å². The molecule has 7 heteroatoms. The molecule has 0 heterocycles. The van der Waals surface area contributed by atoms with E-state index in [4.69, 9.17) is 9.47 Å². The van der Waals surface area contributed by atoms with Crippen LogP contribution in [0.5, 0.6) is 11.5 Å². The monoisotopic (exact) mass is 399 g/mol. The minimum absolute atomic E-state index is 0.138. The fourth-order valence-corrected chi connectivity index (χ4v) is 3.90. The van der Waals surface area contributed by atoms with Crippen LogP contribution in [0.15, 0.2) is 51.8 Å². The predicted molar refractivity (Wildman–Crippen MR) is 92.3 cm³/mol. The second kappa shape index (κ2) is 7.33. The third-order valence-corrected chi connectivity index (χ3v) is 5.73. The van der Waals surface area contributed by atoms with Crippen LogP contribution in [0.25, 0.3) is 0 Å². The van der Waals surface area contributed by atoms with Gasteiger partial charge in [0.25, 0.3) is 0 Å². The summed E-state index contributed by atoms with van der Waals surface area (Å²) in [5.41, 5.74) is 0.767. The highest BCUT2D eigenvalue weighted by Crippen LogP contribution is 2.29. The average Bonchev–Trinajstić information content (AvgIpc) is 2.55. The lowest BCUT2D eigenvalue weighted by Gasteiger charge is -2.20. The summed E-state index contributed by atoms with van der Waals surface area (Å²) in [7, 11) is 0.857. The lowest BCUT2D eigenvalue weighted by Crippen LogP contribution is -2.27. The Bertz CT molecular complexity index is 792. The van der Waals surface area contributed by atoms with Crippen LogP contribution in [0, 0.1) is 0 Å². The molecule has 2 rings (SSSR count). The molecule has 0 fully saturated rings. The van der Waals surface area contributed by atoms with Crippen LogP contribution in [0.2, 0.25) is 0 Å². The average molecular weight is 400 g/mol. The fourth-order valence-electron chi connectivity index (χ4n) is 2.20. The molecule has 0 saturated carbocycles. The van der Waals surface area contributed by atoms with Gasteiger partial charge in [-0.15, -0.1) is 0 Å². The smallest absolute Gasteiger partial charge is 0.246 e. The van der Waals surface area contributed by atoms with Gasteiger partial charge >= 0.3 is 0 Å². The van der Waals surface area contributed by atoms with Crippen LogP contribution in [0.1, 0.15) is 5.56 Å². The van der Waals surface area contributed by atoms with Gasteiger partial charge in [-0.25, -0.2) is 8.42 Å². The summed E-state index contributed by atoms with van der Waals surface area (Å²) in [5, 5.41) is 0. The highest BCUT2D eigenvalue weighted by atomic mass is 79.9. The number of halogens is 1. The topological polar surface area (TPSA) is 55.8 Å². The van der Waals surface area contributed by atoms with E-state index in [1.54, 1.807) is 31.4 Å². The quantitative estimate of drug-likeness (QED) is 0.747. The van der Waals surface area contributed by atoms with Gasteiger partial charge in [-0.3, -0.25) is 0 Å². The molecule has 2 aromatic carbocycles. The zero-order chi connectivity index (χ0) is 17.0. The molecule has 124 valence electrons. The normalized spacial score (nSPS) is 11.5. The lowest BCUT2D eigenvalue weighted by molar-refractivity contribution is 0.391. The highest BCUT2D eigenvalue weighted by Gasteiger charge is 2.25. The van der Waals surface area contributed by atoms with Crippen molar-refractivity contribution in [1.29, 1.82) is 0 Å². The van der Waals surface area contributed by atoms with E-state index in [0.717, 1.165) is 10.0 Å². The Hall–Kier alpha value is -1.57. The van der Waals surface area contributed by atoms with Crippen molar-refractivity contribution in [3.8, 4) is 11.5 Å². The van der Waals surface area contributed by atoms with Gasteiger partial charge in [0.1, 0.15) is 16.4 Å². The third-order valence-electron chi connectivity index (χ3n) is 3.39. The van der Waals surface area contributed by atoms with E-state index in [2.05, 4.69) is 15.9 Å². The molecule has 0 aliphatic heterocycles. The standard InChI is InChI=1S/C16H18BrNO4S/c1-18(11-12-10-13(17)8-9-14(12)21-2)23(19,20)16-7-5-4-6-15(16)22-3/h4-10H,11H2,1-3H3. The van der Waals surface area contributed by atoms with Gasteiger partial charge in [-0.05, 0) is 30.3 Å². The molecule has 0 aliphatic rings. The summed E-state index contributed by atoms with van der Waals surface area (Å²) < 4.78 is 38.2. The third kappa shape index (κ3) is 3.85. The maximum Gasteiger partial charge on any atom is 0.246 e. The van der Waals surface area contributed by atoms with Gasteiger partial charge in [-0.1, -0.05) is 28.1 Å². The number of hydrogen-bond donors (Lipinski definition) is 0. The van der Waals surface area contributed by atoms with Crippen molar-refractivity contribution in [1.82, 2.24) is 4.31 Å². The number of methoxy groups -OCH3 is 2. The Balaban J connectivity index is 2.36. The number of benzene rings is 2. The Morgan fingerprint density at radius 3 is 2.35 bits per heavy atom. The van der Waals surface area contributed by atoms with Gasteiger partial charge < -0.3 is 9.47 Å². The SMILES string of the molecule is COc1ccc(Br)cc1CN(C)S(=O)(=O)c1ccccc1OC. The molecular formula is C16H18BrNO4S. The molecule has 0 amide bonds. The summed E-state index contributed by atoms with van der Waals surface area (Å²) in [4.78, 5) is 0.138. The first kappa shape index (κ1) is 17.8. The Kier molecular flexibility index (Phi) is 5.67. The zero-order valence-corrected chi connectivity index (χ0v) is 15.5. The van der Waals surface area contributed by atoms with Gasteiger partial charge in [-0.2, -0.15) is 4.31 Å². The Morgan fingerprint density at radius 2 is 1.70 bits per heavy atom. The molecule has 23 heavy (non-hydrogen) atoms. The summed E-state index contributed by atoms with van der Waals surface area (Å²) in [6.45, 7) is 0.184. The van der Waals surface area contributed by atoms with E-state index < -0.39 is 10.0 Å². The molecule has 5 nitrogen and oxygen atoms in total. The number of rotatable bonds is 6. The second-order valence-corrected chi connectivity index (χ2v) is 7.80. The number of hydrogen-bond acceptors (Lipinski definition) is 4. The molecule has 0 bridgehead atoms. The van der Waals surface area contributed by atoms with E-state index in [9.17, 15) is 8.42 Å². The minimum atomic E-state index is -3.68. The largest absolute Gasteiger partial charge is 0.496 e. The molecule has 0 atom stereocenters. The lowest BCUT2D eigenvalue weighted by atomic mass is 10.2. The maximum atomic E-state index is 12.8. The van der Waals surface area contributed by atoms with Crippen LogP contribution in [0.4, 0.5) is 0 Å². The molecule has 0 saturated heterocycles. The van der Waals surface area contributed by atoms with Crippen molar-refractivity contribution in [2.75, 3.05) is 21.3 Å². The van der Waals surface area contributed by atoms with Crippen molar-refractivity contribution in [2.45, 2.75) is 11.4 Å². The highest BCUT2D eigenvalue weighted by molar-refractivity contribution is 9.10. The number of sulfonamides is 1. The van der Waals surface area contributed by atoms with Crippen molar-refractivity contribution in [2.24, 2.45) is 0 Å². The Labute approximate surface area is 145 Å². The number of ether oxygens (including phenoxy) is 2. The van der Waals surface area contributed by atoms with Gasteiger partial charge in [0, 0.05) is 23.6 Å². The van der Waals surface area contributed by atoms with Crippen LogP contribution in [-0.2, 0) is 16.6 Å². The zero-order valence-electron chi connectivity index (χ0n) is 13.1. The summed E-state index contributed by atoms with van der Waals surface area (Å²) in [6.07, 6.45) is 0. The first-order chi connectivity index (χ1) is 10.9. The molecular weight excluding hydrogens is 382 g/mol. The van der Waals surface area contributed by atoms with E-state index >= 15 is 0 Å². The molecule has 0 aliphatic carbocycles. The van der Waals surface area contributed by atoms with Gasteiger partial charge in [0.15, 0.2) is 0 Å². The van der Waals surface area contributed by atoms with Crippen LogP contribution in [-0.4, -0.2) is 34.0 Å². The molecule has 0 unspecified atom stereocenters. The predicted octanol–water partition coefficient (Wildman–Crippen LogP) is 3.29. The van der Waals surface area contributed by atoms with Crippen LogP contribution in [0.3, 0.4) is 0 Å². The molecule has 2 aromatic rings. The minimum Gasteiger partial charge on any atom is -0.496 e. The molecule has 0 spiro atoms. The number of para-hydroxylation sites is 1. The fraction of sp³-hybridized carbons (Fsp3) is 0.250. The van der Waals surface area contributed by atoms with Gasteiger partial charge in [0.05, 0.1) is 14.2 Å². The van der Waals surface area contributed by atoms with E-state index in [1.807, 2.05) is 12.1 Å². The first-order valence-electron chi connectivity index (χ1n) is 6.82. The van der Waals surface area contributed by atoms with Crippen molar-refractivity contribution >= 4 is 26.0 Å². The van der Waals surface area contributed by atoms with E-state index in [-0.39, 0.29) is 11.4 Å². The van der Waals surface area contributed by atoms with E-state index in [1.165, 1.54) is 24.5 Å². The Morgan fingerprint density at radius 1 is 1.04 bits per heavy atom.